The van der Waals surface area contributed by atoms with E-state index < -0.39 is 6.36 Å². The number of hydrogen-bond donors (Lipinski definition) is 0. The first kappa shape index (κ1) is 16.8. The zero-order chi connectivity index (χ0) is 13.0. The summed E-state index contributed by atoms with van der Waals surface area (Å²) in [7, 11) is 0. The van der Waals surface area contributed by atoms with Crippen LogP contribution >= 0.6 is 0 Å². The summed E-state index contributed by atoms with van der Waals surface area (Å²) in [5.41, 5.74) is 0. The number of halogens is 3. The van der Waals surface area contributed by atoms with E-state index in [0.717, 1.165) is 19.3 Å². The van der Waals surface area contributed by atoms with Crippen LogP contribution in [0.15, 0.2) is 0 Å². The fourth-order valence-corrected chi connectivity index (χ4v) is 1.78. The van der Waals surface area contributed by atoms with Gasteiger partial charge in [0.2, 0.25) is 0 Å². The van der Waals surface area contributed by atoms with Crippen LogP contribution in [-0.4, -0.2) is 13.0 Å². The Morgan fingerprint density at radius 3 is 1.53 bits per heavy atom. The zero-order valence-corrected chi connectivity index (χ0v) is 10.8. The Morgan fingerprint density at radius 1 is 0.706 bits per heavy atom. The van der Waals surface area contributed by atoms with E-state index in [9.17, 15) is 13.2 Å². The van der Waals surface area contributed by atoms with Crippen molar-refractivity contribution in [2.75, 3.05) is 6.61 Å². The van der Waals surface area contributed by atoms with Gasteiger partial charge in [-0.2, -0.15) is 0 Å². The molecule has 0 rings (SSSR count). The summed E-state index contributed by atoms with van der Waals surface area (Å²) >= 11 is 0. The summed E-state index contributed by atoms with van der Waals surface area (Å²) in [4.78, 5) is 0. The highest BCUT2D eigenvalue weighted by Crippen LogP contribution is 2.17. The molecule has 0 aromatic heterocycles. The molecule has 0 fully saturated rings. The van der Waals surface area contributed by atoms with Gasteiger partial charge in [0.15, 0.2) is 0 Å². The third-order valence-electron chi connectivity index (χ3n) is 2.76. The lowest BCUT2D eigenvalue weighted by molar-refractivity contribution is -0.324. The molecule has 1 nitrogen and oxygen atoms in total. The second-order valence-corrected chi connectivity index (χ2v) is 4.48. The van der Waals surface area contributed by atoms with Crippen LogP contribution in [0, 0.1) is 0 Å². The highest BCUT2D eigenvalue weighted by Gasteiger charge is 2.28. The van der Waals surface area contributed by atoms with Crippen molar-refractivity contribution in [2.24, 2.45) is 0 Å². The molecule has 0 aliphatic heterocycles. The molecule has 0 radical (unpaired) electrons. The van der Waals surface area contributed by atoms with Crippen molar-refractivity contribution in [1.29, 1.82) is 0 Å². The topological polar surface area (TPSA) is 9.23 Å². The third-order valence-corrected chi connectivity index (χ3v) is 2.76. The quantitative estimate of drug-likeness (QED) is 0.446. The van der Waals surface area contributed by atoms with E-state index in [1.54, 1.807) is 0 Å². The maximum Gasteiger partial charge on any atom is 0.522 e. The van der Waals surface area contributed by atoms with Gasteiger partial charge >= 0.3 is 6.36 Å². The fourth-order valence-electron chi connectivity index (χ4n) is 1.78. The van der Waals surface area contributed by atoms with E-state index in [2.05, 4.69) is 11.7 Å². The van der Waals surface area contributed by atoms with Crippen molar-refractivity contribution < 1.29 is 17.9 Å². The second kappa shape index (κ2) is 10.9. The van der Waals surface area contributed by atoms with E-state index in [0.29, 0.717) is 6.42 Å². The SMILES string of the molecule is CCCCCCCCCCCCOC(F)(F)F. The number of hydrogen-bond acceptors (Lipinski definition) is 1. The monoisotopic (exact) mass is 254 g/mol. The van der Waals surface area contributed by atoms with E-state index in [1.807, 2.05) is 0 Å². The predicted molar refractivity (Wildman–Crippen MR) is 63.9 cm³/mol. The smallest absolute Gasteiger partial charge is 0.292 e. The molecule has 0 aromatic rings. The molecule has 0 spiro atoms. The molecule has 104 valence electrons. The average molecular weight is 254 g/mol. The summed E-state index contributed by atoms with van der Waals surface area (Å²) in [5.74, 6) is 0. The van der Waals surface area contributed by atoms with E-state index in [1.165, 1.54) is 38.5 Å². The van der Waals surface area contributed by atoms with Crippen LogP contribution in [0.1, 0.15) is 71.1 Å². The predicted octanol–water partition coefficient (Wildman–Crippen LogP) is 5.44. The minimum Gasteiger partial charge on any atom is -0.292 e. The highest BCUT2D eigenvalue weighted by atomic mass is 19.4. The second-order valence-electron chi connectivity index (χ2n) is 4.48. The van der Waals surface area contributed by atoms with Gasteiger partial charge in [0, 0.05) is 0 Å². The zero-order valence-electron chi connectivity index (χ0n) is 10.8. The highest BCUT2D eigenvalue weighted by molar-refractivity contribution is 4.47. The van der Waals surface area contributed by atoms with E-state index in [-0.39, 0.29) is 6.61 Å². The molecule has 0 aliphatic rings. The first-order valence-corrected chi connectivity index (χ1v) is 6.77. The van der Waals surface area contributed by atoms with E-state index >= 15 is 0 Å². The lowest BCUT2D eigenvalue weighted by Gasteiger charge is -2.06. The lowest BCUT2D eigenvalue weighted by Crippen LogP contribution is -2.13. The molecule has 0 bridgehead atoms. The van der Waals surface area contributed by atoms with Crippen molar-refractivity contribution in [3.63, 3.8) is 0 Å². The Kier molecular flexibility index (Phi) is 10.7. The van der Waals surface area contributed by atoms with Gasteiger partial charge in [-0.1, -0.05) is 64.7 Å². The van der Waals surface area contributed by atoms with Crippen LogP contribution in [0.2, 0.25) is 0 Å². The lowest BCUT2D eigenvalue weighted by atomic mass is 10.1. The molecule has 0 aromatic carbocycles. The molecule has 0 atom stereocenters. The van der Waals surface area contributed by atoms with Gasteiger partial charge in [-0.05, 0) is 6.42 Å². The number of ether oxygens (including phenoxy) is 1. The minimum atomic E-state index is -4.46. The maximum atomic E-state index is 11.6. The van der Waals surface area contributed by atoms with Crippen LogP contribution in [0.4, 0.5) is 13.2 Å². The van der Waals surface area contributed by atoms with Gasteiger partial charge in [0.1, 0.15) is 0 Å². The Labute approximate surface area is 103 Å². The van der Waals surface area contributed by atoms with Gasteiger partial charge in [-0.25, -0.2) is 0 Å². The molecule has 4 heteroatoms. The molecule has 0 heterocycles. The number of rotatable bonds is 11. The van der Waals surface area contributed by atoms with Crippen molar-refractivity contribution in [3.05, 3.63) is 0 Å². The van der Waals surface area contributed by atoms with E-state index in [4.69, 9.17) is 0 Å². The summed E-state index contributed by atoms with van der Waals surface area (Å²) in [6, 6.07) is 0. The van der Waals surface area contributed by atoms with Crippen LogP contribution in [0.3, 0.4) is 0 Å². The summed E-state index contributed by atoms with van der Waals surface area (Å²) in [6.07, 6.45) is 6.71. The first-order chi connectivity index (χ1) is 8.06. The Hall–Kier alpha value is -0.250. The molecule has 0 saturated carbocycles. The fraction of sp³-hybridized carbons (Fsp3) is 1.00. The number of alkyl halides is 3. The first-order valence-electron chi connectivity index (χ1n) is 6.77. The van der Waals surface area contributed by atoms with Crippen molar-refractivity contribution in [2.45, 2.75) is 77.5 Å². The Balaban J connectivity index is 2.99. The van der Waals surface area contributed by atoms with Crippen LogP contribution in [0.25, 0.3) is 0 Å². The summed E-state index contributed by atoms with van der Waals surface area (Å²) < 4.78 is 38.5. The normalized spacial score (nSPS) is 12.0. The summed E-state index contributed by atoms with van der Waals surface area (Å²) in [5, 5.41) is 0. The Bertz CT molecular complexity index is 157. The molecular formula is C13H25F3O. The van der Waals surface area contributed by atoms with Gasteiger partial charge in [-0.3, -0.25) is 4.74 Å². The average Bonchev–Trinajstić information content (AvgIpc) is 2.24. The minimum absolute atomic E-state index is 0.194. The van der Waals surface area contributed by atoms with Gasteiger partial charge < -0.3 is 0 Å². The van der Waals surface area contributed by atoms with Gasteiger partial charge in [0.05, 0.1) is 6.61 Å². The van der Waals surface area contributed by atoms with Crippen molar-refractivity contribution in [1.82, 2.24) is 0 Å². The summed E-state index contributed by atoms with van der Waals surface area (Å²) in [6.45, 7) is 2.00. The third kappa shape index (κ3) is 15.8. The molecule has 0 unspecified atom stereocenters. The Morgan fingerprint density at radius 2 is 1.12 bits per heavy atom. The molecular weight excluding hydrogens is 229 g/mol. The van der Waals surface area contributed by atoms with Crippen molar-refractivity contribution in [3.8, 4) is 0 Å². The number of unbranched alkanes of at least 4 members (excludes halogenated alkanes) is 9. The van der Waals surface area contributed by atoms with Crippen molar-refractivity contribution >= 4 is 0 Å². The van der Waals surface area contributed by atoms with Crippen LogP contribution in [-0.2, 0) is 4.74 Å². The van der Waals surface area contributed by atoms with Crippen LogP contribution < -0.4 is 0 Å². The van der Waals surface area contributed by atoms with Gasteiger partial charge in [-0.15, -0.1) is 13.2 Å². The molecule has 17 heavy (non-hydrogen) atoms. The maximum absolute atomic E-state index is 11.6. The van der Waals surface area contributed by atoms with Crippen LogP contribution in [0.5, 0.6) is 0 Å². The molecule has 0 amide bonds. The molecule has 0 saturated heterocycles. The standard InChI is InChI=1S/C13H25F3O/c1-2-3-4-5-6-7-8-9-10-11-12-17-13(14,15)16/h2-12H2,1H3. The molecule has 0 N–H and O–H groups in total. The largest absolute Gasteiger partial charge is 0.522 e. The van der Waals surface area contributed by atoms with Gasteiger partial charge in [0.25, 0.3) is 0 Å². The molecule has 0 aliphatic carbocycles.